The zero-order valence-electron chi connectivity index (χ0n) is 9.74. The quantitative estimate of drug-likeness (QED) is 0.806. The van der Waals surface area contributed by atoms with E-state index in [9.17, 15) is 0 Å². The summed E-state index contributed by atoms with van der Waals surface area (Å²) in [6.07, 6.45) is 5.91. The summed E-state index contributed by atoms with van der Waals surface area (Å²) >= 11 is 0. The summed E-state index contributed by atoms with van der Waals surface area (Å²) in [7, 11) is 2.16. The van der Waals surface area contributed by atoms with Gasteiger partial charge in [0.25, 0.3) is 0 Å². The summed E-state index contributed by atoms with van der Waals surface area (Å²) in [5.41, 5.74) is 0.662. The Morgan fingerprint density at radius 1 is 1.47 bits per heavy atom. The fourth-order valence-corrected chi connectivity index (χ4v) is 2.26. The first-order valence-electron chi connectivity index (χ1n) is 5.81. The molecule has 1 aliphatic rings. The molecule has 0 spiro atoms. The Morgan fingerprint density at radius 3 is 3.24 bits per heavy atom. The Hall–Kier alpha value is -1.76. The first-order chi connectivity index (χ1) is 8.34. The number of tetrazole rings is 1. The van der Waals surface area contributed by atoms with E-state index in [1.807, 2.05) is 0 Å². The van der Waals surface area contributed by atoms with Crippen LogP contribution in [0.3, 0.4) is 0 Å². The van der Waals surface area contributed by atoms with Crippen LogP contribution in [0, 0.1) is 0 Å². The molecule has 1 unspecified atom stereocenters. The summed E-state index contributed by atoms with van der Waals surface area (Å²) in [5.74, 6) is 0.841. The summed E-state index contributed by atoms with van der Waals surface area (Å²) in [6, 6.07) is 0.585. The van der Waals surface area contributed by atoms with Crippen molar-refractivity contribution < 1.29 is 0 Å². The van der Waals surface area contributed by atoms with E-state index in [2.05, 4.69) is 37.8 Å². The smallest absolute Gasteiger partial charge is 0.199 e. The maximum Gasteiger partial charge on any atom is 0.199 e. The molecule has 0 saturated carbocycles. The van der Waals surface area contributed by atoms with Crippen LogP contribution in [0.5, 0.6) is 0 Å². The van der Waals surface area contributed by atoms with Crippen molar-refractivity contribution in [2.75, 3.05) is 25.5 Å². The molecule has 7 nitrogen and oxygen atoms in total. The fourth-order valence-electron chi connectivity index (χ4n) is 2.26. The largest absolute Gasteiger partial charge is 0.367 e. The summed E-state index contributed by atoms with van der Waals surface area (Å²) in [5, 5.41) is 14.8. The molecule has 0 aliphatic carbocycles. The second-order valence-corrected chi connectivity index (χ2v) is 4.40. The lowest BCUT2D eigenvalue weighted by molar-refractivity contribution is 0.322. The van der Waals surface area contributed by atoms with Crippen LogP contribution < -0.4 is 5.32 Å². The molecule has 7 heteroatoms. The normalized spacial score (nSPS) is 21.1. The van der Waals surface area contributed by atoms with Crippen LogP contribution in [-0.4, -0.2) is 56.1 Å². The predicted molar refractivity (Wildman–Crippen MR) is 62.7 cm³/mol. The zero-order chi connectivity index (χ0) is 11.7. The third kappa shape index (κ3) is 1.93. The number of nitrogens with zero attached hydrogens (tertiary/aromatic N) is 6. The maximum absolute atomic E-state index is 4.11. The van der Waals surface area contributed by atoms with Gasteiger partial charge in [0.2, 0.25) is 0 Å². The highest BCUT2D eigenvalue weighted by atomic mass is 15.5. The third-order valence-corrected chi connectivity index (χ3v) is 3.30. The maximum atomic E-state index is 4.11. The van der Waals surface area contributed by atoms with Crippen LogP contribution >= 0.6 is 0 Å². The van der Waals surface area contributed by atoms with Gasteiger partial charge in [-0.3, -0.25) is 4.98 Å². The highest BCUT2D eigenvalue weighted by Gasteiger charge is 2.20. The average molecular weight is 233 g/mol. The van der Waals surface area contributed by atoms with Gasteiger partial charge in [-0.25, -0.2) is 0 Å². The molecule has 1 fully saturated rings. The zero-order valence-corrected chi connectivity index (χ0v) is 9.74. The molecule has 2 aromatic rings. The molecular formula is C10H15N7. The van der Waals surface area contributed by atoms with E-state index in [1.165, 1.54) is 19.4 Å². The van der Waals surface area contributed by atoms with Gasteiger partial charge in [-0.15, -0.1) is 5.10 Å². The van der Waals surface area contributed by atoms with Crippen molar-refractivity contribution in [3.63, 3.8) is 0 Å². The Labute approximate surface area is 98.8 Å². The van der Waals surface area contributed by atoms with E-state index < -0.39 is 0 Å². The van der Waals surface area contributed by atoms with E-state index in [0.717, 1.165) is 12.4 Å². The van der Waals surface area contributed by atoms with Crippen molar-refractivity contribution in [1.82, 2.24) is 29.9 Å². The molecule has 2 aromatic heterocycles. The van der Waals surface area contributed by atoms with E-state index >= 15 is 0 Å². The Balaban J connectivity index is 1.74. The molecule has 0 amide bonds. The molecule has 0 bridgehead atoms. The molecule has 1 atom stereocenters. The minimum atomic E-state index is 0.585. The summed E-state index contributed by atoms with van der Waals surface area (Å²) in [4.78, 5) is 6.49. The number of rotatable bonds is 3. The molecule has 1 saturated heterocycles. The Bertz CT molecular complexity index is 508. The van der Waals surface area contributed by atoms with Crippen molar-refractivity contribution >= 4 is 11.5 Å². The van der Waals surface area contributed by atoms with Crippen LogP contribution in [-0.2, 0) is 0 Å². The number of likely N-dealkylation sites (N-methyl/N-ethyl adjacent to an activating group) is 1. The van der Waals surface area contributed by atoms with E-state index in [-0.39, 0.29) is 0 Å². The molecule has 0 radical (unpaired) electrons. The molecule has 90 valence electrons. The molecular weight excluding hydrogens is 218 g/mol. The van der Waals surface area contributed by atoms with Gasteiger partial charge in [-0.2, -0.15) is 4.52 Å². The highest BCUT2D eigenvalue weighted by Crippen LogP contribution is 2.15. The summed E-state index contributed by atoms with van der Waals surface area (Å²) in [6.45, 7) is 2.08. The summed E-state index contributed by atoms with van der Waals surface area (Å²) < 4.78 is 1.67. The molecule has 17 heavy (non-hydrogen) atoms. The minimum absolute atomic E-state index is 0.585. The first kappa shape index (κ1) is 10.4. The lowest BCUT2D eigenvalue weighted by Gasteiger charge is -2.20. The average Bonchev–Trinajstić information content (AvgIpc) is 2.95. The number of anilines is 1. The SMILES string of the molecule is CN1CCCC1CNc1cncc2nnnn12. The fraction of sp³-hybridized carbons (Fsp3) is 0.600. The van der Waals surface area contributed by atoms with Crippen molar-refractivity contribution in [2.24, 2.45) is 0 Å². The molecule has 1 aliphatic heterocycles. The van der Waals surface area contributed by atoms with Gasteiger partial charge in [0.05, 0.1) is 12.4 Å². The highest BCUT2D eigenvalue weighted by molar-refractivity contribution is 5.43. The van der Waals surface area contributed by atoms with Crippen molar-refractivity contribution in [3.8, 4) is 0 Å². The number of likely N-dealkylation sites (tertiary alicyclic amines) is 1. The standard InChI is InChI=1S/C10H15N7/c1-16-4-2-3-8(16)5-12-9-6-11-7-10-13-14-15-17(9)10/h6-8,12H,2-5H2,1H3. The Morgan fingerprint density at radius 2 is 2.41 bits per heavy atom. The second kappa shape index (κ2) is 4.25. The number of hydrogen-bond donors (Lipinski definition) is 1. The molecule has 0 aromatic carbocycles. The van der Waals surface area contributed by atoms with Gasteiger partial charge in [0.1, 0.15) is 5.82 Å². The minimum Gasteiger partial charge on any atom is -0.367 e. The van der Waals surface area contributed by atoms with Crippen LogP contribution in [0.4, 0.5) is 5.82 Å². The van der Waals surface area contributed by atoms with E-state index in [1.54, 1.807) is 16.9 Å². The third-order valence-electron chi connectivity index (χ3n) is 3.30. The molecule has 3 rings (SSSR count). The van der Waals surface area contributed by atoms with Gasteiger partial charge < -0.3 is 10.2 Å². The molecule has 1 N–H and O–H groups in total. The first-order valence-corrected chi connectivity index (χ1v) is 5.81. The predicted octanol–water partition coefficient (Wildman–Crippen LogP) is 0.0254. The second-order valence-electron chi connectivity index (χ2n) is 4.40. The van der Waals surface area contributed by atoms with Gasteiger partial charge in [0, 0.05) is 12.6 Å². The van der Waals surface area contributed by atoms with Gasteiger partial charge in [-0.1, -0.05) is 0 Å². The number of fused-ring (bicyclic) bond motifs is 1. The van der Waals surface area contributed by atoms with Crippen LogP contribution in [0.1, 0.15) is 12.8 Å². The van der Waals surface area contributed by atoms with E-state index in [0.29, 0.717) is 11.7 Å². The van der Waals surface area contributed by atoms with Crippen molar-refractivity contribution in [2.45, 2.75) is 18.9 Å². The molecule has 3 heterocycles. The number of hydrogen-bond acceptors (Lipinski definition) is 6. The lowest BCUT2D eigenvalue weighted by atomic mass is 10.2. The van der Waals surface area contributed by atoms with Crippen molar-refractivity contribution in [3.05, 3.63) is 12.4 Å². The van der Waals surface area contributed by atoms with Gasteiger partial charge in [0.15, 0.2) is 5.65 Å². The van der Waals surface area contributed by atoms with Crippen molar-refractivity contribution in [1.29, 1.82) is 0 Å². The van der Waals surface area contributed by atoms with Crippen LogP contribution in [0.2, 0.25) is 0 Å². The van der Waals surface area contributed by atoms with Crippen LogP contribution in [0.25, 0.3) is 5.65 Å². The van der Waals surface area contributed by atoms with Crippen LogP contribution in [0.15, 0.2) is 12.4 Å². The van der Waals surface area contributed by atoms with E-state index in [4.69, 9.17) is 0 Å². The lowest BCUT2D eigenvalue weighted by Crippen LogP contribution is -2.32. The monoisotopic (exact) mass is 233 g/mol. The topological polar surface area (TPSA) is 71.2 Å². The van der Waals surface area contributed by atoms with Gasteiger partial charge >= 0.3 is 0 Å². The number of aromatic nitrogens is 5. The number of nitrogens with one attached hydrogen (secondary N) is 1. The van der Waals surface area contributed by atoms with Gasteiger partial charge in [-0.05, 0) is 36.9 Å². The Kier molecular flexibility index (Phi) is 2.60.